The Kier molecular flexibility index (Phi) is 4.45. The average Bonchev–Trinajstić information content (AvgIpc) is 2.37. The van der Waals surface area contributed by atoms with Gasteiger partial charge in [-0.3, -0.25) is 4.79 Å². The fraction of sp³-hybridized carbons (Fsp3) is 0.0769. The number of pyridine rings is 1. The van der Waals surface area contributed by atoms with Crippen LogP contribution in [0.1, 0.15) is 15.9 Å². The van der Waals surface area contributed by atoms with E-state index in [2.05, 4.69) is 26.2 Å². The van der Waals surface area contributed by atoms with Crippen molar-refractivity contribution >= 4 is 50.7 Å². The van der Waals surface area contributed by atoms with E-state index in [0.29, 0.717) is 16.3 Å². The second kappa shape index (κ2) is 5.90. The van der Waals surface area contributed by atoms with Crippen LogP contribution in [0.4, 0.5) is 5.69 Å². The summed E-state index contributed by atoms with van der Waals surface area (Å²) in [6, 6.07) is 6.86. The van der Waals surface area contributed by atoms with E-state index in [1.807, 2.05) is 0 Å². The second-order valence-corrected chi connectivity index (χ2v) is 5.54. The molecule has 0 aliphatic rings. The third-order valence-corrected chi connectivity index (χ3v) is 3.71. The zero-order valence-electron chi connectivity index (χ0n) is 9.88. The number of hydrogen-bond acceptors (Lipinski definition) is 2. The van der Waals surface area contributed by atoms with Crippen molar-refractivity contribution in [3.63, 3.8) is 0 Å². The molecule has 2 aromatic rings. The summed E-state index contributed by atoms with van der Waals surface area (Å²) in [5.41, 5.74) is 1.67. The summed E-state index contributed by atoms with van der Waals surface area (Å²) in [5.74, 6) is -0.276. The van der Waals surface area contributed by atoms with Crippen LogP contribution in [0.2, 0.25) is 10.2 Å². The first-order valence-corrected chi connectivity index (χ1v) is 6.91. The Balaban J connectivity index is 2.31. The molecule has 1 N–H and O–H groups in total. The lowest BCUT2D eigenvalue weighted by Gasteiger charge is -2.09. The molecule has 3 nitrogen and oxygen atoms in total. The number of anilines is 1. The maximum absolute atomic E-state index is 12.2. The van der Waals surface area contributed by atoms with Gasteiger partial charge in [0.05, 0.1) is 5.69 Å². The summed E-state index contributed by atoms with van der Waals surface area (Å²) in [6.45, 7) is 1.79. The molecule has 0 aliphatic carbocycles. The Hall–Kier alpha value is -1.10. The highest BCUT2D eigenvalue weighted by molar-refractivity contribution is 9.10. The molecule has 0 spiro atoms. The Morgan fingerprint density at radius 1 is 1.37 bits per heavy atom. The number of nitrogens with zero attached hydrogens (tertiary/aromatic N) is 1. The SMILES string of the molecule is Cc1c(Cl)cccc1C(=O)Nc1cc(Br)cnc1Cl. The zero-order chi connectivity index (χ0) is 14.0. The van der Waals surface area contributed by atoms with Gasteiger partial charge in [-0.1, -0.05) is 29.3 Å². The fourth-order valence-electron chi connectivity index (χ4n) is 1.55. The predicted molar refractivity (Wildman–Crippen MR) is 81.1 cm³/mol. The molecular formula is C13H9BrCl2N2O. The lowest BCUT2D eigenvalue weighted by Crippen LogP contribution is -2.14. The number of benzene rings is 1. The first-order valence-electron chi connectivity index (χ1n) is 5.36. The molecule has 0 fully saturated rings. The average molecular weight is 360 g/mol. The number of carbonyl (C=O) groups excluding carboxylic acids is 1. The predicted octanol–water partition coefficient (Wildman–Crippen LogP) is 4.71. The highest BCUT2D eigenvalue weighted by Crippen LogP contribution is 2.25. The molecule has 1 amide bonds. The van der Waals surface area contributed by atoms with Gasteiger partial charge >= 0.3 is 0 Å². The fourth-order valence-corrected chi connectivity index (χ4v) is 2.21. The van der Waals surface area contributed by atoms with E-state index >= 15 is 0 Å². The summed E-state index contributed by atoms with van der Waals surface area (Å²) in [5, 5.41) is 3.49. The molecule has 0 aliphatic heterocycles. The van der Waals surface area contributed by atoms with Gasteiger partial charge in [0.25, 0.3) is 5.91 Å². The van der Waals surface area contributed by atoms with Gasteiger partial charge in [-0.15, -0.1) is 0 Å². The standard InChI is InChI=1S/C13H9BrCl2N2O/c1-7-9(3-2-4-10(7)15)13(19)18-11-5-8(14)6-17-12(11)16/h2-6H,1H3,(H,18,19). The second-order valence-electron chi connectivity index (χ2n) is 3.86. The molecule has 1 aromatic carbocycles. The maximum Gasteiger partial charge on any atom is 0.256 e. The normalized spacial score (nSPS) is 10.3. The van der Waals surface area contributed by atoms with Crippen LogP contribution in [0, 0.1) is 6.92 Å². The molecule has 2 rings (SSSR count). The van der Waals surface area contributed by atoms with Crippen molar-refractivity contribution in [2.45, 2.75) is 6.92 Å². The summed E-state index contributed by atoms with van der Waals surface area (Å²) in [7, 11) is 0. The van der Waals surface area contributed by atoms with Gasteiger partial charge in [-0.2, -0.15) is 0 Å². The van der Waals surface area contributed by atoms with Gasteiger partial charge < -0.3 is 5.32 Å². The van der Waals surface area contributed by atoms with Crippen molar-refractivity contribution in [3.05, 3.63) is 56.2 Å². The van der Waals surface area contributed by atoms with Crippen LogP contribution in [0.25, 0.3) is 0 Å². The van der Waals surface area contributed by atoms with Crippen LogP contribution >= 0.6 is 39.1 Å². The molecule has 19 heavy (non-hydrogen) atoms. The van der Waals surface area contributed by atoms with Crippen LogP contribution in [-0.2, 0) is 0 Å². The Labute approximate surface area is 129 Å². The van der Waals surface area contributed by atoms with E-state index in [9.17, 15) is 4.79 Å². The van der Waals surface area contributed by atoms with Gasteiger partial charge in [0.2, 0.25) is 0 Å². The Morgan fingerprint density at radius 2 is 2.11 bits per heavy atom. The van der Waals surface area contributed by atoms with Crippen molar-refractivity contribution in [1.29, 1.82) is 0 Å². The highest BCUT2D eigenvalue weighted by atomic mass is 79.9. The van der Waals surface area contributed by atoms with E-state index < -0.39 is 0 Å². The topological polar surface area (TPSA) is 42.0 Å². The van der Waals surface area contributed by atoms with Crippen LogP contribution in [0.5, 0.6) is 0 Å². The molecule has 0 saturated carbocycles. The number of aromatic nitrogens is 1. The third kappa shape index (κ3) is 3.26. The van der Waals surface area contributed by atoms with Crippen LogP contribution in [0.3, 0.4) is 0 Å². The number of nitrogens with one attached hydrogen (secondary N) is 1. The number of amides is 1. The molecule has 98 valence electrons. The van der Waals surface area contributed by atoms with E-state index in [-0.39, 0.29) is 11.1 Å². The Morgan fingerprint density at radius 3 is 2.84 bits per heavy atom. The number of rotatable bonds is 2. The molecule has 6 heteroatoms. The lowest BCUT2D eigenvalue weighted by atomic mass is 10.1. The minimum atomic E-state index is -0.276. The highest BCUT2D eigenvalue weighted by Gasteiger charge is 2.13. The van der Waals surface area contributed by atoms with Crippen LogP contribution in [-0.4, -0.2) is 10.9 Å². The molecule has 0 atom stereocenters. The van der Waals surface area contributed by atoms with E-state index in [1.54, 1.807) is 37.4 Å². The van der Waals surface area contributed by atoms with Crippen molar-refractivity contribution in [2.24, 2.45) is 0 Å². The number of carbonyl (C=O) groups is 1. The molecule has 0 radical (unpaired) electrons. The smallest absolute Gasteiger partial charge is 0.256 e. The largest absolute Gasteiger partial charge is 0.319 e. The molecular weight excluding hydrogens is 351 g/mol. The van der Waals surface area contributed by atoms with Crippen LogP contribution in [0.15, 0.2) is 34.9 Å². The lowest BCUT2D eigenvalue weighted by molar-refractivity contribution is 0.102. The van der Waals surface area contributed by atoms with Crippen molar-refractivity contribution in [3.8, 4) is 0 Å². The van der Waals surface area contributed by atoms with Gasteiger partial charge in [-0.25, -0.2) is 4.98 Å². The van der Waals surface area contributed by atoms with Gasteiger partial charge in [0.1, 0.15) is 0 Å². The summed E-state index contributed by atoms with van der Waals surface area (Å²) < 4.78 is 0.731. The molecule has 0 unspecified atom stereocenters. The first-order chi connectivity index (χ1) is 8.99. The summed E-state index contributed by atoms with van der Waals surface area (Å²) in [6.07, 6.45) is 1.56. The molecule has 1 aromatic heterocycles. The minimum absolute atomic E-state index is 0.233. The van der Waals surface area contributed by atoms with Crippen molar-refractivity contribution in [2.75, 3.05) is 5.32 Å². The van der Waals surface area contributed by atoms with E-state index in [4.69, 9.17) is 23.2 Å². The first kappa shape index (κ1) is 14.3. The monoisotopic (exact) mass is 358 g/mol. The Bertz CT molecular complexity index is 647. The molecule has 1 heterocycles. The van der Waals surface area contributed by atoms with Gasteiger partial charge in [-0.05, 0) is 46.6 Å². The summed E-state index contributed by atoms with van der Waals surface area (Å²) in [4.78, 5) is 16.1. The molecule has 0 saturated heterocycles. The van der Waals surface area contributed by atoms with Gasteiger partial charge in [0, 0.05) is 21.3 Å². The third-order valence-electron chi connectivity index (χ3n) is 2.57. The minimum Gasteiger partial charge on any atom is -0.319 e. The van der Waals surface area contributed by atoms with E-state index in [0.717, 1.165) is 10.0 Å². The van der Waals surface area contributed by atoms with E-state index in [1.165, 1.54) is 0 Å². The number of halogens is 3. The molecule has 0 bridgehead atoms. The van der Waals surface area contributed by atoms with Crippen molar-refractivity contribution < 1.29 is 4.79 Å². The van der Waals surface area contributed by atoms with Crippen LogP contribution < -0.4 is 5.32 Å². The summed E-state index contributed by atoms with van der Waals surface area (Å²) >= 11 is 15.2. The zero-order valence-corrected chi connectivity index (χ0v) is 13.0. The quantitative estimate of drug-likeness (QED) is 0.789. The maximum atomic E-state index is 12.2. The van der Waals surface area contributed by atoms with Crippen molar-refractivity contribution in [1.82, 2.24) is 4.98 Å². The van der Waals surface area contributed by atoms with Gasteiger partial charge in [0.15, 0.2) is 5.15 Å². The number of hydrogen-bond donors (Lipinski definition) is 1.